The predicted octanol–water partition coefficient (Wildman–Crippen LogP) is -2.42. The molecule has 152 valence electrons. The molecular formula is C15H23N3O9. The van der Waals surface area contributed by atoms with E-state index in [0.29, 0.717) is 0 Å². The van der Waals surface area contributed by atoms with Crippen LogP contribution in [0.5, 0.6) is 0 Å². The Morgan fingerprint density at radius 3 is 2.48 bits per heavy atom. The van der Waals surface area contributed by atoms with Crippen LogP contribution < -0.4 is 11.1 Å². The summed E-state index contributed by atoms with van der Waals surface area (Å²) in [6.45, 7) is -0.570. The van der Waals surface area contributed by atoms with E-state index < -0.39 is 60.7 Å². The van der Waals surface area contributed by atoms with Gasteiger partial charge in [0.1, 0.15) is 24.0 Å². The summed E-state index contributed by atoms with van der Waals surface area (Å²) in [7, 11) is 0. The zero-order chi connectivity index (χ0) is 20.4. The van der Waals surface area contributed by atoms with Gasteiger partial charge >= 0.3 is 18.0 Å². The molecule has 2 rings (SSSR count). The van der Waals surface area contributed by atoms with Crippen LogP contribution in [-0.4, -0.2) is 85.2 Å². The highest BCUT2D eigenvalue weighted by Crippen LogP contribution is 2.29. The second kappa shape index (κ2) is 8.19. The number of nitrogens with zero attached hydrogens (tertiary/aromatic N) is 1. The van der Waals surface area contributed by atoms with Crippen molar-refractivity contribution >= 4 is 18.0 Å². The number of carboxylic acid groups (broad SMARTS) is 2. The van der Waals surface area contributed by atoms with Crippen molar-refractivity contribution in [1.29, 1.82) is 0 Å². The lowest BCUT2D eigenvalue weighted by Crippen LogP contribution is -2.67. The number of nitrogens with two attached hydrogens (primary N) is 1. The molecule has 0 radical (unpaired) electrons. The lowest BCUT2D eigenvalue weighted by atomic mass is 9.87. The van der Waals surface area contributed by atoms with Crippen LogP contribution in [0.25, 0.3) is 0 Å². The van der Waals surface area contributed by atoms with E-state index in [1.807, 2.05) is 0 Å². The Hall–Kier alpha value is -2.25. The van der Waals surface area contributed by atoms with Crippen LogP contribution in [-0.2, 0) is 14.3 Å². The van der Waals surface area contributed by atoms with E-state index in [2.05, 4.69) is 5.32 Å². The molecule has 0 aromatic rings. The number of urea groups is 1. The summed E-state index contributed by atoms with van der Waals surface area (Å²) in [4.78, 5) is 35.5. The molecule has 2 aliphatic heterocycles. The van der Waals surface area contributed by atoms with E-state index in [-0.39, 0.29) is 19.3 Å². The third-order valence-electron chi connectivity index (χ3n) is 4.62. The number of carbonyl (C=O) groups is 3. The summed E-state index contributed by atoms with van der Waals surface area (Å²) in [5.41, 5.74) is 4.24. The molecule has 0 spiro atoms. The van der Waals surface area contributed by atoms with Crippen LogP contribution in [0.3, 0.4) is 0 Å². The molecule has 6 atom stereocenters. The van der Waals surface area contributed by atoms with Gasteiger partial charge in [0.2, 0.25) is 0 Å². The van der Waals surface area contributed by atoms with Crippen LogP contribution in [0.4, 0.5) is 4.79 Å². The highest BCUT2D eigenvalue weighted by molar-refractivity contribution is 5.81. The predicted molar refractivity (Wildman–Crippen MR) is 86.8 cm³/mol. The standard InChI is InChI=1S/C15H23N3O9/c16-15(7(13(24)25)2-1-3-9(20)21)4-5-18(14(26)17-15)12-11(23)10(22)8(6-19)27-12/h4-5,7-8,10-12,19,22-23H,1-3,6,16H2,(H,17,26)(H,20,21)(H,24,25)/t7?,8-,10-,11-,12-,15?/m1/s1. The fourth-order valence-electron chi connectivity index (χ4n) is 3.10. The summed E-state index contributed by atoms with van der Waals surface area (Å²) in [5, 5.41) is 49.3. The number of nitrogens with one attached hydrogen (secondary N) is 1. The maximum Gasteiger partial charge on any atom is 0.325 e. The van der Waals surface area contributed by atoms with E-state index in [0.717, 1.165) is 11.1 Å². The minimum atomic E-state index is -1.78. The lowest BCUT2D eigenvalue weighted by Gasteiger charge is -2.40. The lowest BCUT2D eigenvalue weighted by molar-refractivity contribution is -0.145. The molecule has 27 heavy (non-hydrogen) atoms. The van der Waals surface area contributed by atoms with E-state index in [1.165, 1.54) is 6.08 Å². The summed E-state index contributed by atoms with van der Waals surface area (Å²) in [6, 6.07) is -0.876. The third kappa shape index (κ3) is 4.36. The number of ether oxygens (including phenoxy) is 1. The second-order valence-electron chi connectivity index (χ2n) is 6.49. The molecule has 1 saturated heterocycles. The molecular weight excluding hydrogens is 366 g/mol. The number of hydrogen-bond acceptors (Lipinski definition) is 8. The minimum absolute atomic E-state index is 0.0491. The van der Waals surface area contributed by atoms with Crippen molar-refractivity contribution in [3.63, 3.8) is 0 Å². The largest absolute Gasteiger partial charge is 0.481 e. The number of aliphatic hydroxyl groups excluding tert-OH is 3. The van der Waals surface area contributed by atoms with Crippen molar-refractivity contribution in [1.82, 2.24) is 10.2 Å². The smallest absolute Gasteiger partial charge is 0.325 e. The van der Waals surface area contributed by atoms with Gasteiger partial charge < -0.3 is 41.3 Å². The number of amides is 2. The number of carboxylic acids is 2. The SMILES string of the molecule is NC1(C(CCCC(=O)O)C(=O)O)C=CN([C@@H]2O[C@H](CO)[C@@H](O)[C@H]2O)C(=O)N1. The Balaban J connectivity index is 2.15. The van der Waals surface area contributed by atoms with Crippen molar-refractivity contribution in [2.24, 2.45) is 11.7 Å². The Morgan fingerprint density at radius 2 is 2.00 bits per heavy atom. The first-order valence-corrected chi connectivity index (χ1v) is 8.26. The van der Waals surface area contributed by atoms with Crippen LogP contribution >= 0.6 is 0 Å². The molecule has 8 N–H and O–H groups in total. The van der Waals surface area contributed by atoms with E-state index in [1.54, 1.807) is 0 Å². The van der Waals surface area contributed by atoms with Gasteiger partial charge in [-0.1, -0.05) is 0 Å². The highest BCUT2D eigenvalue weighted by Gasteiger charge is 2.49. The first-order chi connectivity index (χ1) is 12.6. The minimum Gasteiger partial charge on any atom is -0.481 e. The second-order valence-corrected chi connectivity index (χ2v) is 6.49. The van der Waals surface area contributed by atoms with Gasteiger partial charge in [-0.25, -0.2) is 4.79 Å². The summed E-state index contributed by atoms with van der Waals surface area (Å²) >= 11 is 0. The summed E-state index contributed by atoms with van der Waals surface area (Å²) < 4.78 is 5.25. The van der Waals surface area contributed by atoms with Crippen molar-refractivity contribution in [3.05, 3.63) is 12.3 Å². The van der Waals surface area contributed by atoms with Gasteiger partial charge in [-0.15, -0.1) is 0 Å². The van der Waals surface area contributed by atoms with Crippen LogP contribution in [0.1, 0.15) is 19.3 Å². The molecule has 2 amide bonds. The molecule has 1 fully saturated rings. The van der Waals surface area contributed by atoms with Crippen molar-refractivity contribution in [2.45, 2.75) is 49.5 Å². The van der Waals surface area contributed by atoms with Gasteiger partial charge in [-0.05, 0) is 18.9 Å². The first kappa shape index (κ1) is 21.1. The number of aliphatic hydroxyl groups is 3. The third-order valence-corrected chi connectivity index (χ3v) is 4.62. The van der Waals surface area contributed by atoms with Crippen molar-refractivity contribution in [3.8, 4) is 0 Å². The molecule has 0 aromatic heterocycles. The van der Waals surface area contributed by atoms with Gasteiger partial charge in [0.05, 0.1) is 12.5 Å². The molecule has 12 heteroatoms. The van der Waals surface area contributed by atoms with Crippen LogP contribution in [0.2, 0.25) is 0 Å². The summed E-state index contributed by atoms with van der Waals surface area (Å²) in [5.74, 6) is -3.68. The number of hydrogen-bond donors (Lipinski definition) is 7. The Bertz CT molecular complexity index is 628. The molecule has 0 aromatic carbocycles. The van der Waals surface area contributed by atoms with Gasteiger partial charge in [0, 0.05) is 12.6 Å². The van der Waals surface area contributed by atoms with Gasteiger partial charge in [0.25, 0.3) is 0 Å². The molecule has 2 heterocycles. The number of carbonyl (C=O) groups excluding carboxylic acids is 1. The fourth-order valence-corrected chi connectivity index (χ4v) is 3.10. The monoisotopic (exact) mass is 389 g/mol. The topological polar surface area (TPSA) is 203 Å². The Labute approximate surface area is 153 Å². The van der Waals surface area contributed by atoms with E-state index in [9.17, 15) is 29.7 Å². The van der Waals surface area contributed by atoms with Gasteiger partial charge in [0.15, 0.2) is 6.23 Å². The van der Waals surface area contributed by atoms with Crippen LogP contribution in [0, 0.1) is 5.92 Å². The zero-order valence-electron chi connectivity index (χ0n) is 14.3. The Kier molecular flexibility index (Phi) is 6.38. The number of aliphatic carboxylic acids is 2. The van der Waals surface area contributed by atoms with Gasteiger partial charge in [-0.3, -0.25) is 14.5 Å². The highest BCUT2D eigenvalue weighted by atomic mass is 16.6. The number of rotatable bonds is 8. The molecule has 2 unspecified atom stereocenters. The average Bonchev–Trinajstić information content (AvgIpc) is 2.86. The van der Waals surface area contributed by atoms with Crippen molar-refractivity contribution < 1.29 is 44.7 Å². The maximum absolute atomic E-state index is 12.4. The maximum atomic E-state index is 12.4. The molecule has 2 aliphatic rings. The normalized spacial score (nSPS) is 34.4. The fraction of sp³-hybridized carbons (Fsp3) is 0.667. The molecule has 12 nitrogen and oxygen atoms in total. The Morgan fingerprint density at radius 1 is 1.33 bits per heavy atom. The quantitative estimate of drug-likeness (QED) is 0.234. The zero-order valence-corrected chi connectivity index (χ0v) is 14.3. The van der Waals surface area contributed by atoms with Crippen molar-refractivity contribution in [2.75, 3.05) is 6.61 Å². The molecule has 0 aliphatic carbocycles. The molecule has 0 bridgehead atoms. The summed E-state index contributed by atoms with van der Waals surface area (Å²) in [6.07, 6.45) is -3.24. The van der Waals surface area contributed by atoms with E-state index in [4.69, 9.17) is 20.7 Å². The molecule has 0 saturated carbocycles. The average molecular weight is 389 g/mol. The van der Waals surface area contributed by atoms with Crippen LogP contribution in [0.15, 0.2) is 12.3 Å². The van der Waals surface area contributed by atoms with Gasteiger partial charge in [-0.2, -0.15) is 0 Å². The van der Waals surface area contributed by atoms with E-state index >= 15 is 0 Å². The first-order valence-electron chi connectivity index (χ1n) is 8.26.